The van der Waals surface area contributed by atoms with Crippen molar-refractivity contribution in [2.24, 2.45) is 5.92 Å². The number of aryl methyl sites for hydroxylation is 2. The van der Waals surface area contributed by atoms with Gasteiger partial charge in [-0.05, 0) is 64.5 Å². The molecule has 1 aliphatic heterocycles. The topological polar surface area (TPSA) is 52.3 Å². The predicted octanol–water partition coefficient (Wildman–Crippen LogP) is 3.25. The number of rotatable bonds is 5. The number of carbonyl (C=O) groups is 1. The van der Waals surface area contributed by atoms with Gasteiger partial charge in [0.05, 0.1) is 19.2 Å². The monoisotopic (exact) mass is 374 g/mol. The zero-order valence-electron chi connectivity index (χ0n) is 15.6. The van der Waals surface area contributed by atoms with Crippen LogP contribution in [0.3, 0.4) is 0 Å². The lowest BCUT2D eigenvalue weighted by Gasteiger charge is -2.31. The molecule has 7 heteroatoms. The van der Waals surface area contributed by atoms with E-state index < -0.39 is 0 Å². The summed E-state index contributed by atoms with van der Waals surface area (Å²) in [5.74, 6) is 0.707. The van der Waals surface area contributed by atoms with Crippen LogP contribution < -0.4 is 0 Å². The van der Waals surface area contributed by atoms with Gasteiger partial charge in [0, 0.05) is 12.2 Å². The summed E-state index contributed by atoms with van der Waals surface area (Å²) in [4.78, 5) is 14.3. The quantitative estimate of drug-likeness (QED) is 0.594. The maximum absolute atomic E-state index is 12.0. The van der Waals surface area contributed by atoms with Crippen LogP contribution in [0.2, 0.25) is 0 Å². The summed E-state index contributed by atoms with van der Waals surface area (Å²) in [6, 6.07) is 8.26. The van der Waals surface area contributed by atoms with Crippen LogP contribution in [0.1, 0.15) is 31.2 Å². The molecule has 3 rings (SSSR count). The molecule has 0 radical (unpaired) electrons. The van der Waals surface area contributed by atoms with Crippen molar-refractivity contribution in [2.45, 2.75) is 40.3 Å². The molecule has 0 spiro atoms. The molecule has 0 unspecified atom stereocenters. The van der Waals surface area contributed by atoms with Crippen LogP contribution in [0.25, 0.3) is 5.69 Å². The fourth-order valence-corrected chi connectivity index (χ4v) is 3.76. The smallest absolute Gasteiger partial charge is 0.310 e. The lowest BCUT2D eigenvalue weighted by Crippen LogP contribution is -2.40. The number of aromatic nitrogens is 3. The van der Waals surface area contributed by atoms with Gasteiger partial charge in [-0.2, -0.15) is 5.10 Å². The number of ether oxygens (including phenoxy) is 1. The average molecular weight is 375 g/mol. The number of benzene rings is 1. The summed E-state index contributed by atoms with van der Waals surface area (Å²) in [6.07, 6.45) is 1.87. The van der Waals surface area contributed by atoms with Crippen molar-refractivity contribution in [3.8, 4) is 5.69 Å². The molecular formula is C19H26N4O2S. The van der Waals surface area contributed by atoms with Crippen LogP contribution >= 0.6 is 12.2 Å². The van der Waals surface area contributed by atoms with E-state index in [1.165, 1.54) is 5.56 Å². The van der Waals surface area contributed by atoms with Gasteiger partial charge in [-0.3, -0.25) is 14.3 Å². The number of likely N-dealkylation sites (tertiary alicyclic amines) is 1. The Morgan fingerprint density at radius 1 is 1.31 bits per heavy atom. The summed E-state index contributed by atoms with van der Waals surface area (Å²) in [7, 11) is 0. The molecule has 1 aromatic heterocycles. The molecule has 2 heterocycles. The van der Waals surface area contributed by atoms with E-state index >= 15 is 0 Å². The lowest BCUT2D eigenvalue weighted by molar-refractivity contribution is -0.150. The molecule has 2 aromatic rings. The summed E-state index contributed by atoms with van der Waals surface area (Å²) in [6.45, 7) is 8.53. The third kappa shape index (κ3) is 4.04. The van der Waals surface area contributed by atoms with Crippen LogP contribution in [0.15, 0.2) is 24.3 Å². The molecule has 140 valence electrons. The minimum absolute atomic E-state index is 0.0573. The van der Waals surface area contributed by atoms with Crippen molar-refractivity contribution in [3.05, 3.63) is 40.4 Å². The molecule has 26 heavy (non-hydrogen) atoms. The first-order valence-electron chi connectivity index (χ1n) is 9.12. The predicted molar refractivity (Wildman–Crippen MR) is 103 cm³/mol. The van der Waals surface area contributed by atoms with Gasteiger partial charge < -0.3 is 4.74 Å². The normalized spacial score (nSPS) is 18.0. The molecule has 0 saturated carbocycles. The molecule has 1 aromatic carbocycles. The van der Waals surface area contributed by atoms with Crippen molar-refractivity contribution in [3.63, 3.8) is 0 Å². The summed E-state index contributed by atoms with van der Waals surface area (Å²) < 4.78 is 9.69. The van der Waals surface area contributed by atoms with E-state index in [4.69, 9.17) is 17.0 Å². The number of hydrogen-bond acceptors (Lipinski definition) is 5. The second-order valence-electron chi connectivity index (χ2n) is 6.81. The Bertz CT molecular complexity index is 825. The second-order valence-corrected chi connectivity index (χ2v) is 7.18. The third-order valence-electron chi connectivity index (χ3n) is 4.75. The number of piperidine rings is 1. The molecule has 1 atom stereocenters. The highest BCUT2D eigenvalue weighted by molar-refractivity contribution is 7.71. The Balaban J connectivity index is 1.76. The van der Waals surface area contributed by atoms with E-state index in [0.717, 1.165) is 30.9 Å². The maximum Gasteiger partial charge on any atom is 0.310 e. The molecule has 0 N–H and O–H groups in total. The number of hydrogen-bond donors (Lipinski definition) is 0. The molecular weight excluding hydrogens is 348 g/mol. The Morgan fingerprint density at radius 2 is 2.04 bits per heavy atom. The van der Waals surface area contributed by atoms with Gasteiger partial charge in [-0.25, -0.2) is 4.68 Å². The van der Waals surface area contributed by atoms with Gasteiger partial charge in [0.1, 0.15) is 5.82 Å². The van der Waals surface area contributed by atoms with E-state index in [2.05, 4.69) is 41.2 Å². The molecule has 1 saturated heterocycles. The number of carbonyl (C=O) groups excluding carboxylic acids is 1. The summed E-state index contributed by atoms with van der Waals surface area (Å²) in [5.41, 5.74) is 2.23. The summed E-state index contributed by atoms with van der Waals surface area (Å²) in [5, 5.41) is 4.63. The Kier molecular flexibility index (Phi) is 5.88. The van der Waals surface area contributed by atoms with Crippen molar-refractivity contribution in [2.75, 3.05) is 19.7 Å². The standard InChI is InChI=1S/C19H26N4O2S/c1-4-25-18(24)16-6-5-11-21(12-16)13-22-19(26)23(15(3)20-22)17-9-7-14(2)8-10-17/h7-10,16H,4-6,11-13H2,1-3H3/t16-/m0/s1. The largest absolute Gasteiger partial charge is 0.466 e. The van der Waals surface area contributed by atoms with E-state index in [9.17, 15) is 4.79 Å². The van der Waals surface area contributed by atoms with Crippen molar-refractivity contribution < 1.29 is 9.53 Å². The van der Waals surface area contributed by atoms with Crippen molar-refractivity contribution in [1.82, 2.24) is 19.2 Å². The fraction of sp³-hybridized carbons (Fsp3) is 0.526. The zero-order chi connectivity index (χ0) is 18.7. The second kappa shape index (κ2) is 8.14. The van der Waals surface area contributed by atoms with E-state index in [-0.39, 0.29) is 11.9 Å². The van der Waals surface area contributed by atoms with Gasteiger partial charge in [0.2, 0.25) is 4.77 Å². The van der Waals surface area contributed by atoms with Gasteiger partial charge >= 0.3 is 5.97 Å². The van der Waals surface area contributed by atoms with Crippen LogP contribution in [-0.2, 0) is 16.2 Å². The lowest BCUT2D eigenvalue weighted by atomic mass is 9.99. The Labute approximate surface area is 159 Å². The highest BCUT2D eigenvalue weighted by Crippen LogP contribution is 2.19. The van der Waals surface area contributed by atoms with E-state index in [1.807, 2.05) is 23.1 Å². The third-order valence-corrected chi connectivity index (χ3v) is 5.15. The molecule has 0 aliphatic carbocycles. The minimum atomic E-state index is -0.0952. The molecule has 1 aliphatic rings. The summed E-state index contributed by atoms with van der Waals surface area (Å²) >= 11 is 5.66. The van der Waals surface area contributed by atoms with Gasteiger partial charge in [-0.15, -0.1) is 0 Å². The number of nitrogens with zero attached hydrogens (tertiary/aromatic N) is 4. The maximum atomic E-state index is 12.0. The Hall–Kier alpha value is -1.99. The van der Waals surface area contributed by atoms with Crippen molar-refractivity contribution in [1.29, 1.82) is 0 Å². The van der Waals surface area contributed by atoms with Crippen LogP contribution in [-0.4, -0.2) is 44.9 Å². The first-order chi connectivity index (χ1) is 12.5. The molecule has 0 amide bonds. The van der Waals surface area contributed by atoms with Gasteiger partial charge in [0.15, 0.2) is 0 Å². The molecule has 0 bridgehead atoms. The fourth-order valence-electron chi connectivity index (χ4n) is 3.43. The highest BCUT2D eigenvalue weighted by atomic mass is 32.1. The zero-order valence-corrected chi connectivity index (χ0v) is 16.5. The van der Waals surface area contributed by atoms with Gasteiger partial charge in [0.25, 0.3) is 0 Å². The van der Waals surface area contributed by atoms with E-state index in [1.54, 1.807) is 0 Å². The first-order valence-corrected chi connectivity index (χ1v) is 9.53. The molecule has 1 fully saturated rings. The van der Waals surface area contributed by atoms with Crippen LogP contribution in [0.4, 0.5) is 0 Å². The minimum Gasteiger partial charge on any atom is -0.466 e. The first kappa shape index (κ1) is 18.8. The van der Waals surface area contributed by atoms with E-state index in [0.29, 0.717) is 24.6 Å². The number of esters is 1. The molecule has 6 nitrogen and oxygen atoms in total. The Morgan fingerprint density at radius 3 is 2.73 bits per heavy atom. The van der Waals surface area contributed by atoms with Crippen LogP contribution in [0.5, 0.6) is 0 Å². The average Bonchev–Trinajstić information content (AvgIpc) is 2.90. The highest BCUT2D eigenvalue weighted by Gasteiger charge is 2.27. The van der Waals surface area contributed by atoms with Gasteiger partial charge in [-0.1, -0.05) is 17.7 Å². The van der Waals surface area contributed by atoms with Crippen molar-refractivity contribution >= 4 is 18.2 Å². The SMILES string of the molecule is CCOC(=O)[C@H]1CCCN(Cn2nc(C)n(-c3ccc(C)cc3)c2=S)C1. The van der Waals surface area contributed by atoms with Crippen LogP contribution in [0, 0.1) is 24.5 Å².